The second-order valence-corrected chi connectivity index (χ2v) is 9.23. The van der Waals surface area contributed by atoms with Crippen LogP contribution in [-0.2, 0) is 6.54 Å². The molecule has 0 unspecified atom stereocenters. The molecule has 0 aromatic heterocycles. The molecule has 0 atom stereocenters. The van der Waals surface area contributed by atoms with Crippen molar-refractivity contribution in [2.75, 3.05) is 11.6 Å². The molecule has 4 heteroatoms. The third-order valence-electron chi connectivity index (χ3n) is 6.52. The first-order valence-electron chi connectivity index (χ1n) is 12.8. The van der Waals surface area contributed by atoms with Crippen LogP contribution < -0.4 is 14.4 Å². The molecular weight excluding hydrogens is 482 g/mol. The minimum atomic E-state index is -0.0449. The van der Waals surface area contributed by atoms with Crippen molar-refractivity contribution in [1.82, 2.24) is 0 Å². The number of carbonyl (C=O) groups is 1. The van der Waals surface area contributed by atoms with Gasteiger partial charge in [0.1, 0.15) is 17.2 Å². The number of hydrogen-bond donors (Lipinski definition) is 0. The van der Waals surface area contributed by atoms with Gasteiger partial charge in [-0.25, -0.2) is 0 Å². The summed E-state index contributed by atoms with van der Waals surface area (Å²) in [6.45, 7) is 1.26. The van der Waals surface area contributed by atoms with E-state index in [1.165, 1.54) is 0 Å². The highest BCUT2D eigenvalue weighted by atomic mass is 16.5. The topological polar surface area (TPSA) is 38.8 Å². The second kappa shape index (κ2) is 11.0. The van der Waals surface area contributed by atoms with Crippen molar-refractivity contribution in [3.63, 3.8) is 0 Å². The normalized spacial score (nSPS) is 11.9. The van der Waals surface area contributed by atoms with Crippen LogP contribution in [0.1, 0.15) is 32.6 Å². The first-order chi connectivity index (χ1) is 19.2. The fourth-order valence-corrected chi connectivity index (χ4v) is 4.43. The van der Waals surface area contributed by atoms with Gasteiger partial charge in [-0.2, -0.15) is 0 Å². The summed E-state index contributed by atoms with van der Waals surface area (Å²) in [7, 11) is 0. The molecule has 0 saturated heterocycles. The van der Waals surface area contributed by atoms with Gasteiger partial charge in [0.05, 0.1) is 0 Å². The second-order valence-electron chi connectivity index (χ2n) is 9.23. The monoisotopic (exact) mass is 507 g/mol. The average Bonchev–Trinajstić information content (AvgIpc) is 3.01. The van der Waals surface area contributed by atoms with E-state index in [9.17, 15) is 4.79 Å². The molecule has 0 bridgehead atoms. The maximum atomic E-state index is 13.0. The van der Waals surface area contributed by atoms with Crippen molar-refractivity contribution < 1.29 is 14.3 Å². The molecule has 0 spiro atoms. The van der Waals surface area contributed by atoms with Crippen molar-refractivity contribution in [3.8, 4) is 29.1 Å². The number of fused-ring (bicyclic) bond motifs is 1. The van der Waals surface area contributed by atoms with Crippen LogP contribution in [0.3, 0.4) is 0 Å². The van der Waals surface area contributed by atoms with E-state index in [-0.39, 0.29) is 5.78 Å². The number of ether oxygens (including phenoxy) is 2. The lowest BCUT2D eigenvalue weighted by Gasteiger charge is -2.30. The Morgan fingerprint density at radius 2 is 1.33 bits per heavy atom. The number of ketones is 1. The highest BCUT2D eigenvalue weighted by Gasteiger charge is 2.17. The van der Waals surface area contributed by atoms with Crippen LogP contribution in [0.2, 0.25) is 0 Å². The third-order valence-corrected chi connectivity index (χ3v) is 6.52. The lowest BCUT2D eigenvalue weighted by atomic mass is 10.0. The molecule has 188 valence electrons. The van der Waals surface area contributed by atoms with Crippen molar-refractivity contribution in [3.05, 3.63) is 155 Å². The lowest BCUT2D eigenvalue weighted by molar-refractivity contribution is 0.103. The summed E-state index contributed by atoms with van der Waals surface area (Å²) in [5, 5.41) is 0. The van der Waals surface area contributed by atoms with Gasteiger partial charge in [0, 0.05) is 46.1 Å². The molecule has 5 aromatic rings. The molecule has 6 rings (SSSR count). The molecule has 0 radical (unpaired) electrons. The maximum absolute atomic E-state index is 13.0. The number of hydrogen-bond acceptors (Lipinski definition) is 4. The molecular formula is C35H25NO3. The summed E-state index contributed by atoms with van der Waals surface area (Å²) in [6.07, 6.45) is 0. The van der Waals surface area contributed by atoms with Gasteiger partial charge in [0.15, 0.2) is 12.5 Å². The Morgan fingerprint density at radius 3 is 2.10 bits per heavy atom. The van der Waals surface area contributed by atoms with Crippen molar-refractivity contribution >= 4 is 11.5 Å². The molecule has 1 aliphatic heterocycles. The van der Waals surface area contributed by atoms with Crippen molar-refractivity contribution in [1.29, 1.82) is 0 Å². The third kappa shape index (κ3) is 5.69. The first-order valence-corrected chi connectivity index (χ1v) is 12.8. The summed E-state index contributed by atoms with van der Waals surface area (Å²) in [5.74, 6) is 8.55. The van der Waals surface area contributed by atoms with E-state index in [2.05, 4.69) is 22.8 Å². The van der Waals surface area contributed by atoms with Crippen LogP contribution >= 0.6 is 0 Å². The number of carbonyl (C=O) groups excluding carboxylic acids is 1. The number of benzene rings is 5. The van der Waals surface area contributed by atoms with E-state index in [4.69, 9.17) is 9.47 Å². The van der Waals surface area contributed by atoms with E-state index in [0.29, 0.717) is 23.6 Å². The number of nitrogens with zero attached hydrogens (tertiary/aromatic N) is 1. The first kappa shape index (κ1) is 24.1. The highest BCUT2D eigenvalue weighted by Crippen LogP contribution is 2.31. The fraction of sp³-hybridized carbons (Fsp3) is 0.0571. The van der Waals surface area contributed by atoms with Crippen LogP contribution in [0.25, 0.3) is 0 Å². The maximum Gasteiger partial charge on any atom is 0.193 e. The van der Waals surface area contributed by atoms with Crippen LogP contribution in [-0.4, -0.2) is 12.5 Å². The Morgan fingerprint density at radius 1 is 0.667 bits per heavy atom. The van der Waals surface area contributed by atoms with Gasteiger partial charge in [-0.3, -0.25) is 4.79 Å². The van der Waals surface area contributed by atoms with Crippen LogP contribution in [0, 0.1) is 11.8 Å². The zero-order chi connectivity index (χ0) is 26.4. The quantitative estimate of drug-likeness (QED) is 0.183. The van der Waals surface area contributed by atoms with Gasteiger partial charge >= 0.3 is 0 Å². The van der Waals surface area contributed by atoms with Crippen molar-refractivity contribution in [2.24, 2.45) is 0 Å². The van der Waals surface area contributed by atoms with E-state index in [1.807, 2.05) is 109 Å². The van der Waals surface area contributed by atoms with E-state index in [0.717, 1.165) is 40.4 Å². The standard InChI is InChI=1S/C35H25NO3/c37-35(28-17-15-27(16-18-28)14-13-26-7-2-1-3-8-26)29-19-21-32(22-20-29)39-33-11-6-10-31(23-33)36-24-30-9-4-5-12-34(30)38-25-36/h1-12,15-23H,24-25H2. The highest BCUT2D eigenvalue weighted by molar-refractivity contribution is 6.09. The van der Waals surface area contributed by atoms with Crippen LogP contribution in [0.5, 0.6) is 17.2 Å². The van der Waals surface area contributed by atoms with Gasteiger partial charge in [-0.15, -0.1) is 0 Å². The summed E-state index contributed by atoms with van der Waals surface area (Å²) >= 11 is 0. The number of rotatable bonds is 5. The van der Waals surface area contributed by atoms with E-state index >= 15 is 0 Å². The summed E-state index contributed by atoms with van der Waals surface area (Å²) < 4.78 is 12.0. The molecule has 0 fully saturated rings. The van der Waals surface area contributed by atoms with Crippen molar-refractivity contribution in [2.45, 2.75) is 6.54 Å². The van der Waals surface area contributed by atoms with E-state index in [1.54, 1.807) is 12.1 Å². The predicted octanol–water partition coefficient (Wildman–Crippen LogP) is 7.47. The molecule has 1 heterocycles. The average molecular weight is 508 g/mol. The summed E-state index contributed by atoms with van der Waals surface area (Å²) in [6, 6.07) is 40.5. The van der Waals surface area contributed by atoms with Crippen LogP contribution in [0.4, 0.5) is 5.69 Å². The Bertz CT molecular complexity index is 1660. The Hall–Kier alpha value is -5.27. The minimum Gasteiger partial charge on any atom is -0.473 e. The zero-order valence-corrected chi connectivity index (χ0v) is 21.2. The summed E-state index contributed by atoms with van der Waals surface area (Å²) in [4.78, 5) is 15.2. The minimum absolute atomic E-state index is 0.0449. The van der Waals surface area contributed by atoms with Crippen LogP contribution in [0.15, 0.2) is 127 Å². The van der Waals surface area contributed by atoms with E-state index < -0.39 is 0 Å². The van der Waals surface area contributed by atoms with Gasteiger partial charge in [-0.1, -0.05) is 54.3 Å². The Labute approximate surface area is 228 Å². The molecule has 0 saturated carbocycles. The Balaban J connectivity index is 1.10. The molecule has 0 aliphatic carbocycles. The summed E-state index contributed by atoms with van der Waals surface area (Å²) in [5.41, 5.74) is 5.21. The molecule has 39 heavy (non-hydrogen) atoms. The Kier molecular flexibility index (Phi) is 6.79. The molecule has 0 amide bonds. The van der Waals surface area contributed by atoms with Gasteiger partial charge in [0.25, 0.3) is 0 Å². The number of para-hydroxylation sites is 1. The smallest absolute Gasteiger partial charge is 0.193 e. The fourth-order valence-electron chi connectivity index (χ4n) is 4.43. The number of anilines is 1. The zero-order valence-electron chi connectivity index (χ0n) is 21.2. The largest absolute Gasteiger partial charge is 0.473 e. The SMILES string of the molecule is O=C(c1ccc(C#Cc2ccccc2)cc1)c1ccc(Oc2cccc(N3COc4ccccc4C3)c2)cc1. The predicted molar refractivity (Wildman–Crippen MR) is 153 cm³/mol. The van der Waals surface area contributed by atoms with Gasteiger partial charge in [0.2, 0.25) is 0 Å². The molecule has 5 aromatic carbocycles. The van der Waals surface area contributed by atoms with Gasteiger partial charge in [-0.05, 0) is 78.9 Å². The lowest BCUT2D eigenvalue weighted by Crippen LogP contribution is -2.31. The molecule has 4 nitrogen and oxygen atoms in total. The molecule has 0 N–H and O–H groups in total. The molecule has 1 aliphatic rings. The van der Waals surface area contributed by atoms with Gasteiger partial charge < -0.3 is 14.4 Å².